The van der Waals surface area contributed by atoms with E-state index in [4.69, 9.17) is 0 Å². The third-order valence-electron chi connectivity index (χ3n) is 9.22. The Morgan fingerprint density at radius 2 is 1.91 bits per heavy atom. The van der Waals surface area contributed by atoms with Crippen molar-refractivity contribution in [3.63, 3.8) is 0 Å². The van der Waals surface area contributed by atoms with E-state index in [-0.39, 0.29) is 45.8 Å². The Hall–Kier alpha value is -5.13. The fourth-order valence-corrected chi connectivity index (χ4v) is 7.02. The molecule has 12 heteroatoms. The van der Waals surface area contributed by atoms with Crippen molar-refractivity contribution in [2.45, 2.75) is 46.1 Å². The lowest BCUT2D eigenvalue weighted by Gasteiger charge is -2.43. The molecule has 7 rings (SSSR count). The van der Waals surface area contributed by atoms with Gasteiger partial charge in [0, 0.05) is 49.4 Å². The molecule has 0 bridgehead atoms. The Morgan fingerprint density at radius 1 is 1.11 bits per heavy atom. The van der Waals surface area contributed by atoms with Crippen LogP contribution in [0, 0.1) is 25.5 Å². The highest BCUT2D eigenvalue weighted by atomic mass is 19.1. The van der Waals surface area contributed by atoms with Gasteiger partial charge in [-0.1, -0.05) is 26.5 Å². The van der Waals surface area contributed by atoms with E-state index < -0.39 is 17.3 Å². The number of hydrogen-bond acceptors (Lipinski definition) is 7. The number of aromatic nitrogens is 5. The summed E-state index contributed by atoms with van der Waals surface area (Å²) >= 11 is 0. The standard InChI is InChI=1S/C34H34F2N8O2/c1-6-23(45)42-13-14-43-20(16-42)10-12-38-30-26-32(28(36)25(27(30)35)24-18(4)7-8-22-21(24)15-39-41-22)44(34(46)40-33(26)43)31-19(5)9-11-37-29(31)17(2)3/h6-9,11,15,17,20,38H,1,10,12-14,16H2,2-5H3,(H,39,41). The minimum absolute atomic E-state index is 0.0678. The van der Waals surface area contributed by atoms with E-state index in [1.807, 2.05) is 31.7 Å². The second kappa shape index (κ2) is 11.0. The number of benzene rings is 2. The summed E-state index contributed by atoms with van der Waals surface area (Å²) in [5.41, 5.74) is 2.36. The average Bonchev–Trinajstić information content (AvgIpc) is 3.51. The van der Waals surface area contributed by atoms with Gasteiger partial charge in [0.05, 0.1) is 39.7 Å². The molecule has 2 aliphatic rings. The monoisotopic (exact) mass is 624 g/mol. The number of anilines is 2. The molecule has 0 saturated carbocycles. The van der Waals surface area contributed by atoms with Crippen LogP contribution in [0.25, 0.3) is 38.6 Å². The molecular formula is C34H34F2N8O2. The number of carbonyl (C=O) groups excluding carboxylic acids is 1. The molecule has 0 aliphatic carbocycles. The molecule has 2 N–H and O–H groups in total. The molecule has 1 amide bonds. The van der Waals surface area contributed by atoms with Crippen molar-refractivity contribution in [2.75, 3.05) is 36.4 Å². The summed E-state index contributed by atoms with van der Waals surface area (Å²) in [6.07, 6.45) is 5.02. The summed E-state index contributed by atoms with van der Waals surface area (Å²) in [5, 5.41) is 11.0. The molecule has 10 nitrogen and oxygen atoms in total. The highest BCUT2D eigenvalue weighted by Crippen LogP contribution is 2.46. The van der Waals surface area contributed by atoms with Gasteiger partial charge in [-0.3, -0.25) is 19.4 Å². The number of piperazine rings is 1. The fraction of sp³-hybridized carbons (Fsp3) is 0.324. The third kappa shape index (κ3) is 4.38. The van der Waals surface area contributed by atoms with Crippen LogP contribution in [0.4, 0.5) is 20.3 Å². The van der Waals surface area contributed by atoms with Gasteiger partial charge in [0.15, 0.2) is 11.6 Å². The van der Waals surface area contributed by atoms with Gasteiger partial charge >= 0.3 is 5.69 Å². The van der Waals surface area contributed by atoms with E-state index in [1.165, 1.54) is 10.6 Å². The van der Waals surface area contributed by atoms with Crippen molar-refractivity contribution in [2.24, 2.45) is 0 Å². The Kier molecular flexibility index (Phi) is 7.10. The van der Waals surface area contributed by atoms with E-state index in [0.717, 1.165) is 0 Å². The highest BCUT2D eigenvalue weighted by Gasteiger charge is 2.37. The van der Waals surface area contributed by atoms with Crippen LogP contribution in [0.2, 0.25) is 0 Å². The number of carbonyl (C=O) groups is 1. The number of halogens is 2. The SMILES string of the molecule is C=CC(=O)N1CCN2c3nc(=O)n(-c4c(C)ccnc4C(C)C)c4c(F)c(-c5c(C)ccc6[nH]ncc56)c(F)c(c34)NCCC2C1. The lowest BCUT2D eigenvalue weighted by Crippen LogP contribution is -2.56. The van der Waals surface area contributed by atoms with Crippen LogP contribution in [0.5, 0.6) is 0 Å². The van der Waals surface area contributed by atoms with Gasteiger partial charge in [0.25, 0.3) is 0 Å². The first-order valence-electron chi connectivity index (χ1n) is 15.4. The summed E-state index contributed by atoms with van der Waals surface area (Å²) in [7, 11) is 0. The maximum absolute atomic E-state index is 17.6. The minimum atomic E-state index is -0.883. The van der Waals surface area contributed by atoms with Crippen molar-refractivity contribution in [3.8, 4) is 16.8 Å². The molecule has 2 aliphatic heterocycles. The second-order valence-corrected chi connectivity index (χ2v) is 12.3. The van der Waals surface area contributed by atoms with Gasteiger partial charge in [-0.2, -0.15) is 10.1 Å². The molecule has 0 radical (unpaired) electrons. The predicted octanol–water partition coefficient (Wildman–Crippen LogP) is 5.36. The first-order chi connectivity index (χ1) is 22.1. The second-order valence-electron chi connectivity index (χ2n) is 12.3. The molecule has 5 aromatic rings. The van der Waals surface area contributed by atoms with Crippen molar-refractivity contribution < 1.29 is 13.6 Å². The van der Waals surface area contributed by atoms with Gasteiger partial charge in [0.1, 0.15) is 11.3 Å². The quantitative estimate of drug-likeness (QED) is 0.259. The van der Waals surface area contributed by atoms with E-state index in [9.17, 15) is 9.59 Å². The van der Waals surface area contributed by atoms with Gasteiger partial charge in [-0.05, 0) is 55.5 Å². The van der Waals surface area contributed by atoms with Crippen LogP contribution < -0.4 is 15.9 Å². The van der Waals surface area contributed by atoms with Crippen LogP contribution in [0.15, 0.2) is 48.0 Å². The number of aryl methyl sites for hydroxylation is 2. The Balaban J connectivity index is 1.63. The maximum Gasteiger partial charge on any atom is 0.354 e. The summed E-state index contributed by atoms with van der Waals surface area (Å²) < 4.78 is 36.0. The third-order valence-corrected chi connectivity index (χ3v) is 9.22. The first-order valence-corrected chi connectivity index (χ1v) is 15.4. The molecule has 1 atom stereocenters. The van der Waals surface area contributed by atoms with Crippen LogP contribution in [0.1, 0.15) is 43.0 Å². The smallest absolute Gasteiger partial charge is 0.354 e. The normalized spacial score (nSPS) is 16.4. The fourth-order valence-electron chi connectivity index (χ4n) is 7.02. The number of amides is 1. The zero-order valence-electron chi connectivity index (χ0n) is 26.1. The number of pyridine rings is 1. The Bertz CT molecular complexity index is 2140. The molecule has 1 fully saturated rings. The predicted molar refractivity (Wildman–Crippen MR) is 175 cm³/mol. The summed E-state index contributed by atoms with van der Waals surface area (Å²) in [5.74, 6) is -1.78. The van der Waals surface area contributed by atoms with Crippen LogP contribution in [-0.4, -0.2) is 67.8 Å². The molecule has 2 aromatic carbocycles. The van der Waals surface area contributed by atoms with Crippen LogP contribution >= 0.6 is 0 Å². The molecule has 236 valence electrons. The molecule has 0 spiro atoms. The topological polar surface area (TPSA) is 112 Å². The zero-order valence-corrected chi connectivity index (χ0v) is 26.1. The van der Waals surface area contributed by atoms with Gasteiger partial charge in [-0.15, -0.1) is 0 Å². The van der Waals surface area contributed by atoms with Gasteiger partial charge < -0.3 is 15.1 Å². The molecular weight excluding hydrogens is 590 g/mol. The highest BCUT2D eigenvalue weighted by molar-refractivity contribution is 6.07. The minimum Gasteiger partial charge on any atom is -0.382 e. The number of nitrogens with one attached hydrogen (secondary N) is 2. The van der Waals surface area contributed by atoms with E-state index >= 15 is 8.78 Å². The molecule has 46 heavy (non-hydrogen) atoms. The van der Waals surface area contributed by atoms with Crippen molar-refractivity contribution in [3.05, 3.63) is 82.2 Å². The summed E-state index contributed by atoms with van der Waals surface area (Å²) in [6.45, 7) is 12.5. The Morgan fingerprint density at radius 3 is 2.67 bits per heavy atom. The van der Waals surface area contributed by atoms with Crippen LogP contribution in [0.3, 0.4) is 0 Å². The van der Waals surface area contributed by atoms with E-state index in [2.05, 4.69) is 32.1 Å². The maximum atomic E-state index is 17.6. The number of H-pyrrole nitrogens is 1. The summed E-state index contributed by atoms with van der Waals surface area (Å²) in [4.78, 5) is 39.6. The number of aromatic amines is 1. The number of nitrogens with zero attached hydrogens (tertiary/aromatic N) is 6. The van der Waals surface area contributed by atoms with E-state index in [1.54, 1.807) is 36.4 Å². The molecule has 1 saturated heterocycles. The van der Waals surface area contributed by atoms with Crippen LogP contribution in [-0.2, 0) is 4.79 Å². The Labute approximate surface area is 263 Å². The van der Waals surface area contributed by atoms with Gasteiger partial charge in [-0.25, -0.2) is 13.6 Å². The average molecular weight is 625 g/mol. The number of hydrogen-bond donors (Lipinski definition) is 2. The first kappa shape index (κ1) is 29.6. The lowest BCUT2D eigenvalue weighted by molar-refractivity contribution is -0.126. The number of rotatable bonds is 4. The summed E-state index contributed by atoms with van der Waals surface area (Å²) in [6, 6.07) is 5.12. The largest absolute Gasteiger partial charge is 0.382 e. The van der Waals surface area contributed by atoms with Crippen molar-refractivity contribution in [1.82, 2.24) is 29.6 Å². The van der Waals surface area contributed by atoms with Crippen molar-refractivity contribution >= 4 is 39.2 Å². The van der Waals surface area contributed by atoms with Gasteiger partial charge in [0.2, 0.25) is 5.91 Å². The van der Waals surface area contributed by atoms with E-state index in [0.29, 0.717) is 71.6 Å². The lowest BCUT2D eigenvalue weighted by atomic mass is 9.93. The number of fused-ring (bicyclic) bond motifs is 3. The molecule has 3 aromatic heterocycles. The molecule has 5 heterocycles. The van der Waals surface area contributed by atoms with Crippen molar-refractivity contribution in [1.29, 1.82) is 0 Å². The molecule has 1 unspecified atom stereocenters. The zero-order chi connectivity index (χ0) is 32.4.